The molecule has 0 amide bonds. The van der Waals surface area contributed by atoms with Crippen LogP contribution in [-0.2, 0) is 4.74 Å². The van der Waals surface area contributed by atoms with Crippen LogP contribution in [0.15, 0.2) is 18.2 Å². The first-order chi connectivity index (χ1) is 8.24. The van der Waals surface area contributed by atoms with Crippen LogP contribution < -0.4 is 10.1 Å². The highest BCUT2D eigenvalue weighted by Crippen LogP contribution is 2.27. The summed E-state index contributed by atoms with van der Waals surface area (Å²) >= 11 is 11.7. The zero-order valence-electron chi connectivity index (χ0n) is 9.84. The van der Waals surface area contributed by atoms with Crippen molar-refractivity contribution >= 4 is 23.2 Å². The van der Waals surface area contributed by atoms with Gasteiger partial charge in [-0.05, 0) is 25.1 Å². The largest absolute Gasteiger partial charge is 0.491 e. The zero-order chi connectivity index (χ0) is 12.5. The highest BCUT2D eigenvalue weighted by molar-refractivity contribution is 6.35. The molecule has 0 saturated heterocycles. The van der Waals surface area contributed by atoms with Gasteiger partial charge in [0.15, 0.2) is 0 Å². The van der Waals surface area contributed by atoms with Gasteiger partial charge in [0.05, 0.1) is 11.6 Å². The van der Waals surface area contributed by atoms with E-state index in [1.807, 2.05) is 6.92 Å². The molecule has 0 aliphatic carbocycles. The normalized spacial score (nSPS) is 10.5. The van der Waals surface area contributed by atoms with Crippen LogP contribution in [0.2, 0.25) is 10.0 Å². The summed E-state index contributed by atoms with van der Waals surface area (Å²) in [4.78, 5) is 0. The summed E-state index contributed by atoms with van der Waals surface area (Å²) in [5.41, 5.74) is 0. The fourth-order valence-corrected chi connectivity index (χ4v) is 1.70. The molecule has 0 heterocycles. The number of hydrogen-bond acceptors (Lipinski definition) is 3. The zero-order valence-corrected chi connectivity index (χ0v) is 11.4. The predicted octanol–water partition coefficient (Wildman–Crippen LogP) is 3.00. The lowest BCUT2D eigenvalue weighted by Gasteiger charge is -2.09. The maximum atomic E-state index is 5.96. The molecule has 1 rings (SSSR count). The van der Waals surface area contributed by atoms with Crippen LogP contribution in [0.4, 0.5) is 0 Å². The topological polar surface area (TPSA) is 30.5 Å². The van der Waals surface area contributed by atoms with Gasteiger partial charge in [0.1, 0.15) is 12.4 Å². The number of benzene rings is 1. The van der Waals surface area contributed by atoms with Crippen LogP contribution in [-0.4, -0.2) is 32.9 Å². The van der Waals surface area contributed by atoms with Crippen LogP contribution in [0.5, 0.6) is 5.75 Å². The van der Waals surface area contributed by atoms with Crippen molar-refractivity contribution in [2.75, 3.05) is 32.9 Å². The van der Waals surface area contributed by atoms with E-state index < -0.39 is 0 Å². The Balaban J connectivity index is 2.14. The third kappa shape index (κ3) is 6.13. The van der Waals surface area contributed by atoms with Gasteiger partial charge < -0.3 is 14.8 Å². The molecule has 0 atom stereocenters. The van der Waals surface area contributed by atoms with Crippen molar-refractivity contribution in [2.24, 2.45) is 0 Å². The molecule has 0 bridgehead atoms. The van der Waals surface area contributed by atoms with E-state index in [1.165, 1.54) is 0 Å². The molecule has 0 fully saturated rings. The predicted molar refractivity (Wildman–Crippen MR) is 71.3 cm³/mol. The smallest absolute Gasteiger partial charge is 0.138 e. The van der Waals surface area contributed by atoms with Crippen molar-refractivity contribution in [1.82, 2.24) is 5.32 Å². The van der Waals surface area contributed by atoms with Gasteiger partial charge in [0.25, 0.3) is 0 Å². The van der Waals surface area contributed by atoms with Gasteiger partial charge >= 0.3 is 0 Å². The molecule has 0 spiro atoms. The highest BCUT2D eigenvalue weighted by Gasteiger charge is 2.01. The van der Waals surface area contributed by atoms with Crippen LogP contribution in [0.1, 0.15) is 6.92 Å². The molecule has 0 aromatic heterocycles. The summed E-state index contributed by atoms with van der Waals surface area (Å²) in [6, 6.07) is 5.19. The number of hydrogen-bond donors (Lipinski definition) is 1. The lowest BCUT2D eigenvalue weighted by Crippen LogP contribution is -2.25. The van der Waals surface area contributed by atoms with Gasteiger partial charge in [-0.15, -0.1) is 0 Å². The Kier molecular flexibility index (Phi) is 7.37. The second-order valence-electron chi connectivity index (χ2n) is 3.37. The Morgan fingerprint density at radius 3 is 2.65 bits per heavy atom. The Morgan fingerprint density at radius 2 is 1.94 bits per heavy atom. The summed E-state index contributed by atoms with van der Waals surface area (Å²) in [6.07, 6.45) is 0. The maximum absolute atomic E-state index is 5.96. The van der Waals surface area contributed by atoms with E-state index in [0.717, 1.165) is 26.3 Å². The average molecular weight is 278 g/mol. The second-order valence-corrected chi connectivity index (χ2v) is 4.21. The van der Waals surface area contributed by atoms with E-state index >= 15 is 0 Å². The Hall–Kier alpha value is -0.480. The lowest BCUT2D eigenvalue weighted by atomic mass is 10.3. The van der Waals surface area contributed by atoms with E-state index in [0.29, 0.717) is 22.4 Å². The molecule has 0 radical (unpaired) electrons. The van der Waals surface area contributed by atoms with Crippen LogP contribution >= 0.6 is 23.2 Å². The van der Waals surface area contributed by atoms with Gasteiger partial charge in [-0.25, -0.2) is 0 Å². The SMILES string of the molecule is CCOCCNCCOc1ccc(Cl)cc1Cl. The second kappa shape index (κ2) is 8.59. The Bertz CT molecular complexity index is 334. The van der Waals surface area contributed by atoms with Crippen LogP contribution in [0.3, 0.4) is 0 Å². The van der Waals surface area contributed by atoms with E-state index in [9.17, 15) is 0 Å². The fraction of sp³-hybridized carbons (Fsp3) is 0.500. The molecule has 5 heteroatoms. The third-order valence-electron chi connectivity index (χ3n) is 2.06. The van der Waals surface area contributed by atoms with Crippen molar-refractivity contribution in [3.8, 4) is 5.75 Å². The fourth-order valence-electron chi connectivity index (χ4n) is 1.24. The van der Waals surface area contributed by atoms with Crippen molar-refractivity contribution < 1.29 is 9.47 Å². The molecule has 17 heavy (non-hydrogen) atoms. The molecule has 1 aromatic rings. The summed E-state index contributed by atoms with van der Waals surface area (Å²) in [6.45, 7) is 5.59. The molecule has 1 aromatic carbocycles. The van der Waals surface area contributed by atoms with Gasteiger partial charge in [-0.2, -0.15) is 0 Å². The lowest BCUT2D eigenvalue weighted by molar-refractivity contribution is 0.148. The molecule has 0 saturated carbocycles. The minimum absolute atomic E-state index is 0.534. The Morgan fingerprint density at radius 1 is 1.18 bits per heavy atom. The van der Waals surface area contributed by atoms with Gasteiger partial charge in [0.2, 0.25) is 0 Å². The minimum atomic E-state index is 0.534. The molecular formula is C12H17Cl2NO2. The van der Waals surface area contributed by atoms with Crippen LogP contribution in [0, 0.1) is 0 Å². The van der Waals surface area contributed by atoms with Crippen LogP contribution in [0.25, 0.3) is 0 Å². The quantitative estimate of drug-likeness (QED) is 0.741. The molecular weight excluding hydrogens is 261 g/mol. The Labute approximate surface area is 112 Å². The number of nitrogens with one attached hydrogen (secondary N) is 1. The summed E-state index contributed by atoms with van der Waals surface area (Å²) < 4.78 is 10.7. The molecule has 1 N–H and O–H groups in total. The van der Waals surface area contributed by atoms with Crippen molar-refractivity contribution in [1.29, 1.82) is 0 Å². The van der Waals surface area contributed by atoms with E-state index in [4.69, 9.17) is 32.7 Å². The summed E-state index contributed by atoms with van der Waals surface area (Å²) in [5, 5.41) is 4.34. The number of rotatable bonds is 8. The maximum Gasteiger partial charge on any atom is 0.138 e. The standard InChI is InChI=1S/C12H17Cl2NO2/c1-2-16-7-5-15-6-8-17-12-4-3-10(13)9-11(12)14/h3-4,9,15H,2,5-8H2,1H3. The van der Waals surface area contributed by atoms with Gasteiger partial charge in [-0.1, -0.05) is 23.2 Å². The molecule has 96 valence electrons. The van der Waals surface area contributed by atoms with Gasteiger partial charge in [-0.3, -0.25) is 0 Å². The first-order valence-electron chi connectivity index (χ1n) is 5.60. The third-order valence-corrected chi connectivity index (χ3v) is 2.59. The van der Waals surface area contributed by atoms with Crippen molar-refractivity contribution in [3.05, 3.63) is 28.2 Å². The van der Waals surface area contributed by atoms with E-state index in [-0.39, 0.29) is 0 Å². The molecule has 0 aliphatic rings. The molecule has 0 aliphatic heterocycles. The monoisotopic (exact) mass is 277 g/mol. The van der Waals surface area contributed by atoms with E-state index in [2.05, 4.69) is 5.32 Å². The first-order valence-corrected chi connectivity index (χ1v) is 6.36. The summed E-state index contributed by atoms with van der Waals surface area (Å²) in [5.74, 6) is 0.655. The van der Waals surface area contributed by atoms with Crippen molar-refractivity contribution in [3.63, 3.8) is 0 Å². The summed E-state index contributed by atoms with van der Waals surface area (Å²) in [7, 11) is 0. The molecule has 3 nitrogen and oxygen atoms in total. The minimum Gasteiger partial charge on any atom is -0.491 e. The highest BCUT2D eigenvalue weighted by atomic mass is 35.5. The average Bonchev–Trinajstić information content (AvgIpc) is 2.30. The number of halogens is 2. The first kappa shape index (κ1) is 14.6. The molecule has 0 unspecified atom stereocenters. The van der Waals surface area contributed by atoms with E-state index in [1.54, 1.807) is 18.2 Å². The number of ether oxygens (including phenoxy) is 2. The van der Waals surface area contributed by atoms with Gasteiger partial charge in [0, 0.05) is 24.7 Å². The van der Waals surface area contributed by atoms with Crippen molar-refractivity contribution in [2.45, 2.75) is 6.92 Å².